The lowest BCUT2D eigenvalue weighted by Crippen LogP contribution is -2.33. The third kappa shape index (κ3) is 5.40. The van der Waals surface area contributed by atoms with Gasteiger partial charge in [0.1, 0.15) is 5.75 Å². The number of carbonyl (C=O) groups is 1. The molecule has 8 nitrogen and oxygen atoms in total. The number of hydrogen-bond acceptors (Lipinski definition) is 7. The Hall–Kier alpha value is -3.94. The van der Waals surface area contributed by atoms with Crippen molar-refractivity contribution in [2.45, 2.75) is 20.0 Å². The van der Waals surface area contributed by atoms with Crippen LogP contribution < -0.4 is 20.7 Å². The predicted molar refractivity (Wildman–Crippen MR) is 124 cm³/mol. The summed E-state index contributed by atoms with van der Waals surface area (Å²) in [4.78, 5) is 25.9. The standard InChI is InChI=1S/C24H26N6O2/c1-16-9-18(3-5-25-16)19-10-17(14-30-24-27-7-8-28-24)11-20(12-19)23(31)29-15-21-13-22(32-2)4-6-26-21/h3-6,9-13H,7-8,14-15H2,1-2H3,(H,29,31)(H2,27,28,30). The summed E-state index contributed by atoms with van der Waals surface area (Å²) in [5, 5.41) is 9.45. The molecule has 1 aliphatic heterocycles. The van der Waals surface area contributed by atoms with Crippen LogP contribution in [0.15, 0.2) is 59.9 Å². The molecule has 2 aromatic heterocycles. The van der Waals surface area contributed by atoms with E-state index < -0.39 is 0 Å². The van der Waals surface area contributed by atoms with Crippen molar-refractivity contribution >= 4 is 11.9 Å². The highest BCUT2D eigenvalue weighted by molar-refractivity contribution is 5.95. The molecule has 32 heavy (non-hydrogen) atoms. The molecule has 0 saturated heterocycles. The van der Waals surface area contributed by atoms with E-state index in [9.17, 15) is 4.79 Å². The number of nitrogens with one attached hydrogen (secondary N) is 3. The summed E-state index contributed by atoms with van der Waals surface area (Å²) in [7, 11) is 1.60. The zero-order valence-corrected chi connectivity index (χ0v) is 18.2. The number of methoxy groups -OCH3 is 1. The van der Waals surface area contributed by atoms with Crippen LogP contribution in [0.4, 0.5) is 0 Å². The Morgan fingerprint density at radius 3 is 2.72 bits per heavy atom. The second-order valence-corrected chi connectivity index (χ2v) is 7.48. The van der Waals surface area contributed by atoms with Crippen LogP contribution in [0.25, 0.3) is 11.1 Å². The normalized spacial score (nSPS) is 12.6. The Morgan fingerprint density at radius 2 is 1.94 bits per heavy atom. The van der Waals surface area contributed by atoms with Gasteiger partial charge in [-0.3, -0.25) is 19.8 Å². The van der Waals surface area contributed by atoms with Crippen LogP contribution in [-0.2, 0) is 13.1 Å². The highest BCUT2D eigenvalue weighted by Crippen LogP contribution is 2.23. The monoisotopic (exact) mass is 430 g/mol. The number of pyridine rings is 2. The minimum atomic E-state index is -0.167. The maximum absolute atomic E-state index is 13.0. The first-order valence-electron chi connectivity index (χ1n) is 10.5. The molecule has 4 rings (SSSR count). The van der Waals surface area contributed by atoms with Crippen molar-refractivity contribution in [1.82, 2.24) is 25.9 Å². The van der Waals surface area contributed by atoms with Gasteiger partial charge in [-0.1, -0.05) is 0 Å². The van der Waals surface area contributed by atoms with Crippen LogP contribution in [0.2, 0.25) is 0 Å². The van der Waals surface area contributed by atoms with Gasteiger partial charge in [0.2, 0.25) is 0 Å². The molecule has 1 aromatic carbocycles. The summed E-state index contributed by atoms with van der Waals surface area (Å²) in [5.41, 5.74) is 5.19. The number of carbonyl (C=O) groups excluding carboxylic acids is 1. The molecule has 0 fully saturated rings. The van der Waals surface area contributed by atoms with Crippen LogP contribution in [0.3, 0.4) is 0 Å². The molecule has 8 heteroatoms. The number of hydrogen-bond donors (Lipinski definition) is 3. The van der Waals surface area contributed by atoms with Gasteiger partial charge in [-0.15, -0.1) is 0 Å². The Bertz CT molecular complexity index is 1140. The fourth-order valence-corrected chi connectivity index (χ4v) is 3.47. The lowest BCUT2D eigenvalue weighted by molar-refractivity contribution is 0.0950. The zero-order valence-electron chi connectivity index (χ0n) is 18.2. The Balaban J connectivity index is 1.56. The lowest BCUT2D eigenvalue weighted by atomic mass is 9.99. The van der Waals surface area contributed by atoms with Crippen LogP contribution in [0.5, 0.6) is 5.75 Å². The molecular weight excluding hydrogens is 404 g/mol. The van der Waals surface area contributed by atoms with Gasteiger partial charge in [-0.2, -0.15) is 0 Å². The van der Waals surface area contributed by atoms with Crippen molar-refractivity contribution in [3.63, 3.8) is 0 Å². The molecule has 0 aliphatic carbocycles. The SMILES string of the molecule is COc1ccnc(CNC(=O)c2cc(CNC3=NCCN3)cc(-c3ccnc(C)c3)c2)c1. The van der Waals surface area contributed by atoms with E-state index in [1.54, 1.807) is 31.6 Å². The molecule has 1 aliphatic rings. The van der Waals surface area contributed by atoms with Gasteiger partial charge < -0.3 is 20.7 Å². The Morgan fingerprint density at radius 1 is 1.06 bits per heavy atom. The zero-order chi connectivity index (χ0) is 22.3. The second kappa shape index (κ2) is 9.91. The van der Waals surface area contributed by atoms with Crippen molar-refractivity contribution < 1.29 is 9.53 Å². The summed E-state index contributed by atoms with van der Waals surface area (Å²) in [6.45, 7) is 4.42. The van der Waals surface area contributed by atoms with Crippen LogP contribution >= 0.6 is 0 Å². The van der Waals surface area contributed by atoms with E-state index >= 15 is 0 Å². The van der Waals surface area contributed by atoms with Crippen molar-refractivity contribution in [3.05, 3.63) is 77.4 Å². The van der Waals surface area contributed by atoms with Gasteiger partial charge in [0.05, 0.1) is 25.9 Å². The number of guanidine groups is 1. The molecule has 0 radical (unpaired) electrons. The number of aromatic nitrogens is 2. The number of aryl methyl sites for hydroxylation is 1. The van der Waals surface area contributed by atoms with Gasteiger partial charge in [0.25, 0.3) is 5.91 Å². The number of amides is 1. The van der Waals surface area contributed by atoms with Gasteiger partial charge in [0.15, 0.2) is 5.96 Å². The number of aliphatic imine (C=N–C) groups is 1. The van der Waals surface area contributed by atoms with Gasteiger partial charge >= 0.3 is 0 Å². The van der Waals surface area contributed by atoms with Crippen LogP contribution in [0, 0.1) is 6.92 Å². The van der Waals surface area contributed by atoms with E-state index in [1.807, 2.05) is 31.2 Å². The highest BCUT2D eigenvalue weighted by Gasteiger charge is 2.12. The summed E-state index contributed by atoms with van der Waals surface area (Å²) in [6.07, 6.45) is 3.44. The van der Waals surface area contributed by atoms with Crippen molar-refractivity contribution in [1.29, 1.82) is 0 Å². The summed E-state index contributed by atoms with van der Waals surface area (Å²) >= 11 is 0. The van der Waals surface area contributed by atoms with E-state index in [4.69, 9.17) is 4.74 Å². The van der Waals surface area contributed by atoms with E-state index in [0.29, 0.717) is 24.4 Å². The first-order valence-corrected chi connectivity index (χ1v) is 10.5. The molecule has 3 N–H and O–H groups in total. The van der Waals surface area contributed by atoms with Crippen molar-refractivity contribution in [2.75, 3.05) is 20.2 Å². The molecule has 3 heterocycles. The molecule has 3 aromatic rings. The molecule has 1 amide bonds. The van der Waals surface area contributed by atoms with Crippen LogP contribution in [-0.4, -0.2) is 42.0 Å². The van der Waals surface area contributed by atoms with Crippen molar-refractivity contribution in [2.24, 2.45) is 4.99 Å². The van der Waals surface area contributed by atoms with Crippen LogP contribution in [0.1, 0.15) is 27.3 Å². The number of nitrogens with zero attached hydrogens (tertiary/aromatic N) is 3. The van der Waals surface area contributed by atoms with Crippen molar-refractivity contribution in [3.8, 4) is 16.9 Å². The highest BCUT2D eigenvalue weighted by atomic mass is 16.5. The number of benzene rings is 1. The third-order valence-electron chi connectivity index (χ3n) is 5.07. The first kappa shape index (κ1) is 21.3. The molecular formula is C24H26N6O2. The quantitative estimate of drug-likeness (QED) is 0.532. The number of ether oxygens (including phenoxy) is 1. The number of rotatable bonds is 7. The van der Waals surface area contributed by atoms with E-state index in [0.717, 1.165) is 47.1 Å². The summed E-state index contributed by atoms with van der Waals surface area (Å²) in [6, 6.07) is 13.4. The fourth-order valence-electron chi connectivity index (χ4n) is 3.47. The maximum atomic E-state index is 13.0. The molecule has 164 valence electrons. The van der Waals surface area contributed by atoms with Gasteiger partial charge in [-0.05, 0) is 60.0 Å². The van der Waals surface area contributed by atoms with E-state index in [1.165, 1.54) is 0 Å². The topological polar surface area (TPSA) is 101 Å². The summed E-state index contributed by atoms with van der Waals surface area (Å²) in [5.74, 6) is 1.32. The second-order valence-electron chi connectivity index (χ2n) is 7.48. The molecule has 0 unspecified atom stereocenters. The van der Waals surface area contributed by atoms with E-state index in [-0.39, 0.29) is 5.91 Å². The summed E-state index contributed by atoms with van der Waals surface area (Å²) < 4.78 is 5.23. The van der Waals surface area contributed by atoms with Gasteiger partial charge in [0, 0.05) is 42.8 Å². The predicted octanol–water partition coefficient (Wildman–Crippen LogP) is 2.44. The Labute approximate surface area is 187 Å². The molecule has 0 spiro atoms. The maximum Gasteiger partial charge on any atom is 0.251 e. The first-order chi connectivity index (χ1) is 15.6. The van der Waals surface area contributed by atoms with Gasteiger partial charge in [-0.25, -0.2) is 0 Å². The fraction of sp³-hybridized carbons (Fsp3) is 0.250. The average molecular weight is 431 g/mol. The molecule has 0 atom stereocenters. The molecule has 0 bridgehead atoms. The smallest absolute Gasteiger partial charge is 0.251 e. The minimum Gasteiger partial charge on any atom is -0.497 e. The lowest BCUT2D eigenvalue weighted by Gasteiger charge is -2.13. The average Bonchev–Trinajstić information content (AvgIpc) is 3.35. The Kier molecular flexibility index (Phi) is 6.60. The minimum absolute atomic E-state index is 0.167. The largest absolute Gasteiger partial charge is 0.497 e. The molecule has 0 saturated carbocycles. The third-order valence-corrected chi connectivity index (χ3v) is 5.07. The van der Waals surface area contributed by atoms with E-state index in [2.05, 4.69) is 37.0 Å².